The summed E-state index contributed by atoms with van der Waals surface area (Å²) in [5.41, 5.74) is 2.40. The standard InChI is InChI=1S/C20H26N8.HI/c1-15-22-8-10-28(15)19-16(5-4-7-23-19)11-24-20(21-2)27-9-6-17(14-27)18-12-25-26(3)13-18;/h4-5,7-8,10,12-13,17H,6,9,11,14H2,1-3H3,(H,21,24);1H. The quantitative estimate of drug-likeness (QED) is 0.335. The van der Waals surface area contributed by atoms with Crippen LogP contribution in [0.2, 0.25) is 0 Å². The Morgan fingerprint density at radius 1 is 1.31 bits per heavy atom. The molecule has 3 aromatic heterocycles. The molecule has 1 N–H and O–H groups in total. The number of likely N-dealkylation sites (tertiary alicyclic amines) is 1. The van der Waals surface area contributed by atoms with Crippen LogP contribution in [0.1, 0.15) is 29.3 Å². The average Bonchev–Trinajstić information content (AvgIpc) is 3.44. The van der Waals surface area contributed by atoms with Gasteiger partial charge in [-0.2, -0.15) is 5.10 Å². The van der Waals surface area contributed by atoms with Crippen LogP contribution >= 0.6 is 24.0 Å². The molecule has 9 heteroatoms. The van der Waals surface area contributed by atoms with Gasteiger partial charge in [0.05, 0.1) is 6.20 Å². The molecule has 1 fully saturated rings. The molecule has 4 rings (SSSR count). The lowest BCUT2D eigenvalue weighted by Gasteiger charge is -2.22. The molecule has 1 atom stereocenters. The maximum atomic E-state index is 4.56. The van der Waals surface area contributed by atoms with Crippen molar-refractivity contribution in [2.45, 2.75) is 25.8 Å². The van der Waals surface area contributed by atoms with Crippen molar-refractivity contribution < 1.29 is 0 Å². The van der Waals surface area contributed by atoms with Crippen LogP contribution in [0.5, 0.6) is 0 Å². The van der Waals surface area contributed by atoms with Crippen LogP contribution in [-0.2, 0) is 13.6 Å². The zero-order valence-electron chi connectivity index (χ0n) is 17.0. The highest BCUT2D eigenvalue weighted by molar-refractivity contribution is 14.0. The maximum absolute atomic E-state index is 4.56. The number of aliphatic imine (C=N–C) groups is 1. The fraction of sp³-hybridized carbons (Fsp3) is 0.400. The minimum Gasteiger partial charge on any atom is -0.352 e. The monoisotopic (exact) mass is 506 g/mol. The Kier molecular flexibility index (Phi) is 6.88. The first-order chi connectivity index (χ1) is 13.7. The van der Waals surface area contributed by atoms with Gasteiger partial charge >= 0.3 is 0 Å². The Hall–Kier alpha value is -2.43. The second-order valence-corrected chi connectivity index (χ2v) is 7.11. The van der Waals surface area contributed by atoms with E-state index in [-0.39, 0.29) is 24.0 Å². The van der Waals surface area contributed by atoms with Crippen LogP contribution in [0.15, 0.2) is 48.1 Å². The second kappa shape index (κ2) is 9.38. The van der Waals surface area contributed by atoms with Crippen LogP contribution < -0.4 is 5.32 Å². The van der Waals surface area contributed by atoms with Crippen LogP contribution in [0.4, 0.5) is 0 Å². The van der Waals surface area contributed by atoms with E-state index in [0.29, 0.717) is 12.5 Å². The summed E-state index contributed by atoms with van der Waals surface area (Å²) in [7, 11) is 3.80. The third kappa shape index (κ3) is 4.60. The van der Waals surface area contributed by atoms with Crippen LogP contribution in [-0.4, -0.2) is 55.3 Å². The van der Waals surface area contributed by atoms with E-state index in [1.54, 1.807) is 6.20 Å². The van der Waals surface area contributed by atoms with E-state index in [0.717, 1.165) is 42.7 Å². The predicted octanol–water partition coefficient (Wildman–Crippen LogP) is 2.49. The van der Waals surface area contributed by atoms with Gasteiger partial charge in [0.2, 0.25) is 0 Å². The molecule has 0 bridgehead atoms. The Labute approximate surface area is 188 Å². The number of halogens is 1. The van der Waals surface area contributed by atoms with Gasteiger partial charge in [0.1, 0.15) is 11.6 Å². The van der Waals surface area contributed by atoms with E-state index in [9.17, 15) is 0 Å². The molecule has 1 saturated heterocycles. The third-order valence-electron chi connectivity index (χ3n) is 5.25. The summed E-state index contributed by atoms with van der Waals surface area (Å²) in [5.74, 6) is 3.23. The van der Waals surface area contributed by atoms with Gasteiger partial charge in [0.15, 0.2) is 5.96 Å². The Balaban J connectivity index is 0.00000240. The number of aromatic nitrogens is 5. The first-order valence-electron chi connectivity index (χ1n) is 9.54. The summed E-state index contributed by atoms with van der Waals surface area (Å²) in [4.78, 5) is 15.7. The third-order valence-corrected chi connectivity index (χ3v) is 5.25. The molecule has 0 radical (unpaired) electrons. The van der Waals surface area contributed by atoms with Crippen molar-refractivity contribution >= 4 is 29.9 Å². The molecule has 3 aromatic rings. The van der Waals surface area contributed by atoms with Gasteiger partial charge in [0.25, 0.3) is 0 Å². The molecule has 0 spiro atoms. The van der Waals surface area contributed by atoms with Crippen molar-refractivity contribution in [2.75, 3.05) is 20.1 Å². The number of hydrogen-bond donors (Lipinski definition) is 1. The number of aryl methyl sites for hydroxylation is 2. The zero-order valence-corrected chi connectivity index (χ0v) is 19.3. The lowest BCUT2D eigenvalue weighted by atomic mass is 10.0. The Morgan fingerprint density at radius 3 is 2.86 bits per heavy atom. The molecule has 0 saturated carbocycles. The first-order valence-corrected chi connectivity index (χ1v) is 9.54. The fourth-order valence-corrected chi connectivity index (χ4v) is 3.77. The molecular weight excluding hydrogens is 479 g/mol. The van der Waals surface area contributed by atoms with E-state index in [4.69, 9.17) is 0 Å². The van der Waals surface area contributed by atoms with Crippen LogP contribution in [0, 0.1) is 6.92 Å². The smallest absolute Gasteiger partial charge is 0.193 e. The van der Waals surface area contributed by atoms with E-state index in [2.05, 4.69) is 42.5 Å². The van der Waals surface area contributed by atoms with Crippen molar-refractivity contribution in [3.63, 3.8) is 0 Å². The molecule has 1 aliphatic heterocycles. The van der Waals surface area contributed by atoms with Gasteiger partial charge < -0.3 is 10.2 Å². The molecule has 1 unspecified atom stereocenters. The first kappa shape index (κ1) is 21.3. The highest BCUT2D eigenvalue weighted by Crippen LogP contribution is 2.26. The highest BCUT2D eigenvalue weighted by Gasteiger charge is 2.27. The van der Waals surface area contributed by atoms with Crippen molar-refractivity contribution in [1.82, 2.24) is 34.5 Å². The van der Waals surface area contributed by atoms with E-state index >= 15 is 0 Å². The van der Waals surface area contributed by atoms with Gasteiger partial charge in [-0.15, -0.1) is 24.0 Å². The minimum atomic E-state index is 0. The Morgan fingerprint density at radius 2 is 2.17 bits per heavy atom. The summed E-state index contributed by atoms with van der Waals surface area (Å²) in [6.07, 6.45) is 10.7. The molecule has 4 heterocycles. The maximum Gasteiger partial charge on any atom is 0.193 e. The molecule has 0 aromatic carbocycles. The molecule has 154 valence electrons. The van der Waals surface area contributed by atoms with E-state index < -0.39 is 0 Å². The van der Waals surface area contributed by atoms with E-state index in [1.165, 1.54) is 5.56 Å². The van der Waals surface area contributed by atoms with Gasteiger partial charge in [-0.25, -0.2) is 9.97 Å². The topological polar surface area (TPSA) is 76.2 Å². The number of hydrogen-bond acceptors (Lipinski definition) is 4. The van der Waals surface area contributed by atoms with Crippen molar-refractivity contribution in [2.24, 2.45) is 12.0 Å². The summed E-state index contributed by atoms with van der Waals surface area (Å²) in [5, 5.41) is 7.81. The number of nitrogens with one attached hydrogen (secondary N) is 1. The Bertz CT molecular complexity index is 976. The van der Waals surface area contributed by atoms with Crippen LogP contribution in [0.25, 0.3) is 5.82 Å². The van der Waals surface area contributed by atoms with E-state index in [1.807, 2.05) is 54.9 Å². The summed E-state index contributed by atoms with van der Waals surface area (Å²) in [6, 6.07) is 4.05. The van der Waals surface area contributed by atoms with Gasteiger partial charge in [-0.3, -0.25) is 14.2 Å². The number of guanidine groups is 1. The number of nitrogens with zero attached hydrogens (tertiary/aromatic N) is 7. The molecule has 1 aliphatic rings. The molecule has 29 heavy (non-hydrogen) atoms. The summed E-state index contributed by atoms with van der Waals surface area (Å²) in [6.45, 7) is 4.57. The number of pyridine rings is 1. The molecule has 0 amide bonds. The van der Waals surface area contributed by atoms with Crippen molar-refractivity contribution in [3.8, 4) is 5.82 Å². The van der Waals surface area contributed by atoms with Crippen LogP contribution in [0.3, 0.4) is 0 Å². The van der Waals surface area contributed by atoms with Crippen molar-refractivity contribution in [1.29, 1.82) is 0 Å². The minimum absolute atomic E-state index is 0. The molecule has 8 nitrogen and oxygen atoms in total. The largest absolute Gasteiger partial charge is 0.352 e. The number of rotatable bonds is 4. The summed E-state index contributed by atoms with van der Waals surface area (Å²) < 4.78 is 3.88. The highest BCUT2D eigenvalue weighted by atomic mass is 127. The number of imidazole rings is 1. The lowest BCUT2D eigenvalue weighted by Crippen LogP contribution is -2.39. The normalized spacial score (nSPS) is 16.7. The SMILES string of the molecule is CN=C(NCc1cccnc1-n1ccnc1C)N1CCC(c2cnn(C)c2)C1.I. The molecular formula is C20H27IN8. The predicted molar refractivity (Wildman–Crippen MR) is 124 cm³/mol. The summed E-state index contributed by atoms with van der Waals surface area (Å²) >= 11 is 0. The molecule has 0 aliphatic carbocycles. The second-order valence-electron chi connectivity index (χ2n) is 7.11. The lowest BCUT2D eigenvalue weighted by molar-refractivity contribution is 0.485. The van der Waals surface area contributed by atoms with Crippen molar-refractivity contribution in [3.05, 3.63) is 60.1 Å². The van der Waals surface area contributed by atoms with Gasteiger partial charge in [-0.05, 0) is 25.0 Å². The van der Waals surface area contributed by atoms with Gasteiger partial charge in [-0.1, -0.05) is 6.07 Å². The fourth-order valence-electron chi connectivity index (χ4n) is 3.77. The average molecular weight is 506 g/mol. The van der Waals surface area contributed by atoms with Gasteiger partial charge in [0, 0.05) is 70.0 Å². The zero-order chi connectivity index (χ0) is 19.5.